The maximum atomic E-state index is 12.7. The van der Waals surface area contributed by atoms with Gasteiger partial charge in [-0.25, -0.2) is 0 Å². The van der Waals surface area contributed by atoms with Crippen LogP contribution in [0.2, 0.25) is 0 Å². The first-order valence-electron chi connectivity index (χ1n) is 16.8. The Labute approximate surface area is 229 Å². The van der Waals surface area contributed by atoms with Gasteiger partial charge >= 0.3 is 0 Å². The zero-order valence-electron chi connectivity index (χ0n) is 25.7. The molecule has 2 heteroatoms. The number of hydrogen-bond acceptors (Lipinski definition) is 2. The van der Waals surface area contributed by atoms with Gasteiger partial charge in [-0.05, 0) is 45.3 Å². The number of Topliss-reactive ketones (excluding diaryl/α,β-unsaturated/α-hetero) is 1. The van der Waals surface area contributed by atoms with E-state index in [1.54, 1.807) is 0 Å². The molecule has 2 nitrogen and oxygen atoms in total. The quantitative estimate of drug-likeness (QED) is 0.0901. The molecule has 0 radical (unpaired) electrons. The van der Waals surface area contributed by atoms with E-state index in [-0.39, 0.29) is 0 Å². The lowest BCUT2D eigenvalue weighted by Crippen LogP contribution is -2.20. The first-order valence-corrected chi connectivity index (χ1v) is 16.8. The Morgan fingerprint density at radius 2 is 0.861 bits per heavy atom. The molecule has 0 aliphatic rings. The first kappa shape index (κ1) is 35.6. The van der Waals surface area contributed by atoms with Gasteiger partial charge in [-0.1, -0.05) is 156 Å². The summed E-state index contributed by atoms with van der Waals surface area (Å²) in [6.07, 6.45) is 33.9. The second-order valence-electron chi connectivity index (χ2n) is 12.0. The van der Waals surface area contributed by atoms with Crippen molar-refractivity contribution in [2.24, 2.45) is 5.92 Å². The van der Waals surface area contributed by atoms with Crippen LogP contribution in [0.1, 0.15) is 188 Å². The molecule has 0 rings (SSSR count). The molecular weight excluding hydrogens is 438 g/mol. The summed E-state index contributed by atoms with van der Waals surface area (Å²) in [5.41, 5.74) is 0. The molecule has 0 N–H and O–H groups in total. The standard InChI is InChI=1S/C34H69NO/c1-5-8-11-14-17-22-27-33(28-23-18-15-12-9-6-2)32-34(36)29-24-19-16-21-26-31-35(4)30-25-20-13-10-7-3/h33H,5-32H2,1-4H3. The Hall–Kier alpha value is -0.370. The number of hydrogen-bond donors (Lipinski definition) is 0. The minimum absolute atomic E-state index is 0.555. The molecule has 36 heavy (non-hydrogen) atoms. The van der Waals surface area contributed by atoms with Crippen molar-refractivity contribution in [2.45, 2.75) is 188 Å². The third-order valence-electron chi connectivity index (χ3n) is 8.09. The first-order chi connectivity index (χ1) is 17.6. The molecule has 0 fully saturated rings. The third-order valence-corrected chi connectivity index (χ3v) is 8.09. The monoisotopic (exact) mass is 508 g/mol. The lowest BCUT2D eigenvalue weighted by atomic mass is 9.89. The van der Waals surface area contributed by atoms with Gasteiger partial charge in [-0.3, -0.25) is 4.79 Å². The van der Waals surface area contributed by atoms with Crippen LogP contribution in [-0.4, -0.2) is 30.8 Å². The Bertz CT molecular complexity index is 419. The number of unbranched alkanes of at least 4 members (excludes halogenated alkanes) is 18. The summed E-state index contributed by atoms with van der Waals surface area (Å²) >= 11 is 0. The largest absolute Gasteiger partial charge is 0.306 e. The fourth-order valence-electron chi connectivity index (χ4n) is 5.53. The van der Waals surface area contributed by atoms with E-state index in [1.807, 2.05) is 0 Å². The van der Waals surface area contributed by atoms with Gasteiger partial charge in [-0.15, -0.1) is 0 Å². The van der Waals surface area contributed by atoms with E-state index in [4.69, 9.17) is 0 Å². The van der Waals surface area contributed by atoms with Gasteiger partial charge in [0.05, 0.1) is 0 Å². The number of rotatable bonds is 30. The van der Waals surface area contributed by atoms with Crippen LogP contribution in [0.3, 0.4) is 0 Å². The molecule has 0 aromatic rings. The molecule has 0 spiro atoms. The van der Waals surface area contributed by atoms with Gasteiger partial charge in [0.2, 0.25) is 0 Å². The molecule has 216 valence electrons. The van der Waals surface area contributed by atoms with Crippen molar-refractivity contribution in [3.8, 4) is 0 Å². The predicted molar refractivity (Wildman–Crippen MR) is 163 cm³/mol. The normalized spacial score (nSPS) is 11.7. The van der Waals surface area contributed by atoms with E-state index in [0.29, 0.717) is 11.7 Å². The van der Waals surface area contributed by atoms with Crippen LogP contribution in [-0.2, 0) is 4.79 Å². The number of ketones is 1. The second kappa shape index (κ2) is 29.2. The lowest BCUT2D eigenvalue weighted by Gasteiger charge is -2.17. The molecular formula is C34H69NO. The maximum absolute atomic E-state index is 12.7. The smallest absolute Gasteiger partial charge is 0.133 e. The zero-order chi connectivity index (χ0) is 26.5. The van der Waals surface area contributed by atoms with E-state index in [2.05, 4.69) is 32.7 Å². The van der Waals surface area contributed by atoms with Crippen LogP contribution in [0.4, 0.5) is 0 Å². The van der Waals surface area contributed by atoms with Gasteiger partial charge in [0.1, 0.15) is 5.78 Å². The van der Waals surface area contributed by atoms with Crippen LogP contribution < -0.4 is 0 Å². The molecule has 0 amide bonds. The molecule has 0 aliphatic heterocycles. The average Bonchev–Trinajstić information content (AvgIpc) is 2.87. The summed E-state index contributed by atoms with van der Waals surface area (Å²) in [7, 11) is 2.28. The second-order valence-corrected chi connectivity index (χ2v) is 12.0. The lowest BCUT2D eigenvalue weighted by molar-refractivity contribution is -0.120. The topological polar surface area (TPSA) is 20.3 Å². The average molecular weight is 508 g/mol. The molecule has 0 bridgehead atoms. The highest BCUT2D eigenvalue weighted by atomic mass is 16.1. The SMILES string of the molecule is CCCCCCCCC(CCCCCCCC)CC(=O)CCCCCCCN(C)CCCCCCC. The highest BCUT2D eigenvalue weighted by molar-refractivity contribution is 5.78. The number of carbonyl (C=O) groups is 1. The van der Waals surface area contributed by atoms with E-state index in [9.17, 15) is 4.79 Å². The van der Waals surface area contributed by atoms with E-state index in [1.165, 1.54) is 161 Å². The van der Waals surface area contributed by atoms with E-state index in [0.717, 1.165) is 19.3 Å². The Kier molecular flexibility index (Phi) is 28.9. The van der Waals surface area contributed by atoms with Crippen LogP contribution in [0.15, 0.2) is 0 Å². The minimum atomic E-state index is 0.555. The van der Waals surface area contributed by atoms with Crippen molar-refractivity contribution < 1.29 is 4.79 Å². The molecule has 0 atom stereocenters. The summed E-state index contributed by atoms with van der Waals surface area (Å²) in [6, 6.07) is 0. The van der Waals surface area contributed by atoms with Gasteiger partial charge in [-0.2, -0.15) is 0 Å². The van der Waals surface area contributed by atoms with Crippen LogP contribution in [0.25, 0.3) is 0 Å². The predicted octanol–water partition coefficient (Wildman–Crippen LogP) is 11.3. The molecule has 0 saturated carbocycles. The van der Waals surface area contributed by atoms with Crippen molar-refractivity contribution in [1.29, 1.82) is 0 Å². The van der Waals surface area contributed by atoms with Gasteiger partial charge < -0.3 is 4.90 Å². The third kappa shape index (κ3) is 26.7. The highest BCUT2D eigenvalue weighted by Crippen LogP contribution is 2.23. The fourth-order valence-corrected chi connectivity index (χ4v) is 5.53. The summed E-state index contributed by atoms with van der Waals surface area (Å²) in [6.45, 7) is 9.37. The molecule has 0 aromatic heterocycles. The summed E-state index contributed by atoms with van der Waals surface area (Å²) < 4.78 is 0. The Morgan fingerprint density at radius 3 is 1.31 bits per heavy atom. The Morgan fingerprint density at radius 1 is 0.500 bits per heavy atom. The molecule has 0 aliphatic carbocycles. The van der Waals surface area contributed by atoms with Crippen LogP contribution >= 0.6 is 0 Å². The molecule has 0 heterocycles. The van der Waals surface area contributed by atoms with Crippen LogP contribution in [0, 0.1) is 5.92 Å². The summed E-state index contributed by atoms with van der Waals surface area (Å²) in [4.78, 5) is 15.3. The van der Waals surface area contributed by atoms with Gasteiger partial charge in [0.15, 0.2) is 0 Å². The minimum Gasteiger partial charge on any atom is -0.306 e. The number of nitrogens with zero attached hydrogens (tertiary/aromatic N) is 1. The molecule has 0 aromatic carbocycles. The number of carbonyl (C=O) groups excluding carboxylic acids is 1. The van der Waals surface area contributed by atoms with E-state index < -0.39 is 0 Å². The summed E-state index contributed by atoms with van der Waals surface area (Å²) in [5.74, 6) is 1.21. The van der Waals surface area contributed by atoms with Crippen molar-refractivity contribution in [3.05, 3.63) is 0 Å². The van der Waals surface area contributed by atoms with Crippen molar-refractivity contribution in [2.75, 3.05) is 20.1 Å². The van der Waals surface area contributed by atoms with Gasteiger partial charge in [0, 0.05) is 12.8 Å². The molecule has 0 unspecified atom stereocenters. The van der Waals surface area contributed by atoms with Crippen molar-refractivity contribution in [3.63, 3.8) is 0 Å². The van der Waals surface area contributed by atoms with Crippen LogP contribution in [0.5, 0.6) is 0 Å². The highest BCUT2D eigenvalue weighted by Gasteiger charge is 2.14. The maximum Gasteiger partial charge on any atom is 0.133 e. The Balaban J connectivity index is 3.92. The fraction of sp³-hybridized carbons (Fsp3) is 0.971. The molecule has 0 saturated heterocycles. The summed E-state index contributed by atoms with van der Waals surface area (Å²) in [5, 5.41) is 0. The van der Waals surface area contributed by atoms with Crippen molar-refractivity contribution in [1.82, 2.24) is 4.90 Å². The van der Waals surface area contributed by atoms with Gasteiger partial charge in [0.25, 0.3) is 0 Å². The zero-order valence-corrected chi connectivity index (χ0v) is 25.7. The van der Waals surface area contributed by atoms with E-state index >= 15 is 0 Å². The van der Waals surface area contributed by atoms with Crippen molar-refractivity contribution >= 4 is 5.78 Å².